The summed E-state index contributed by atoms with van der Waals surface area (Å²) in [6.45, 7) is 0. The van der Waals surface area contributed by atoms with Crippen LogP contribution in [0.25, 0.3) is 0 Å². The van der Waals surface area contributed by atoms with Crippen molar-refractivity contribution in [3.05, 3.63) is 29.6 Å². The molecular formula is C10H11F4NO2. The average Bonchev–Trinajstić information content (AvgIpc) is 2.25. The van der Waals surface area contributed by atoms with Gasteiger partial charge in [0.05, 0.1) is 13.2 Å². The number of nitrogens with two attached hydrogens (primary N) is 1. The van der Waals surface area contributed by atoms with Gasteiger partial charge in [0.25, 0.3) is 0 Å². The van der Waals surface area contributed by atoms with Crippen molar-refractivity contribution >= 4 is 0 Å². The molecule has 0 aliphatic rings. The van der Waals surface area contributed by atoms with E-state index in [0.717, 1.165) is 12.1 Å². The zero-order valence-electron chi connectivity index (χ0n) is 8.83. The normalized spacial score (nSPS) is 15.5. The van der Waals surface area contributed by atoms with Gasteiger partial charge in [-0.15, -0.1) is 0 Å². The fourth-order valence-electron chi connectivity index (χ4n) is 1.28. The van der Waals surface area contributed by atoms with Gasteiger partial charge in [-0.3, -0.25) is 0 Å². The lowest BCUT2D eigenvalue weighted by molar-refractivity contribution is -0.210. The molecule has 3 N–H and O–H groups in total. The average molecular weight is 253 g/mol. The molecule has 96 valence electrons. The Bertz CT molecular complexity index is 394. The topological polar surface area (TPSA) is 55.5 Å². The molecule has 7 heteroatoms. The number of benzene rings is 1. The van der Waals surface area contributed by atoms with Gasteiger partial charge in [0.1, 0.15) is 0 Å². The first-order valence-electron chi connectivity index (χ1n) is 4.61. The van der Waals surface area contributed by atoms with Crippen molar-refractivity contribution in [1.82, 2.24) is 0 Å². The second-order valence-electron chi connectivity index (χ2n) is 3.41. The Morgan fingerprint density at radius 1 is 1.35 bits per heavy atom. The number of aliphatic hydroxyl groups is 1. The summed E-state index contributed by atoms with van der Waals surface area (Å²) in [6, 6.07) is 1.38. The molecule has 0 radical (unpaired) electrons. The largest absolute Gasteiger partial charge is 0.494 e. The first-order valence-corrected chi connectivity index (χ1v) is 4.61. The zero-order valence-corrected chi connectivity index (χ0v) is 8.83. The van der Waals surface area contributed by atoms with Crippen LogP contribution < -0.4 is 10.5 Å². The predicted octanol–water partition coefficient (Wildman–Crippen LogP) is 1.76. The molecule has 0 saturated heterocycles. The third kappa shape index (κ3) is 3.07. The molecule has 0 heterocycles. The van der Waals surface area contributed by atoms with E-state index < -0.39 is 24.1 Å². The van der Waals surface area contributed by atoms with Gasteiger partial charge in [0.15, 0.2) is 17.7 Å². The highest BCUT2D eigenvalue weighted by Gasteiger charge is 2.42. The molecule has 0 amide bonds. The van der Waals surface area contributed by atoms with Crippen molar-refractivity contribution in [1.29, 1.82) is 0 Å². The van der Waals surface area contributed by atoms with Crippen molar-refractivity contribution in [3.63, 3.8) is 0 Å². The zero-order chi connectivity index (χ0) is 13.2. The molecule has 0 aromatic heterocycles. The number of methoxy groups -OCH3 is 1. The van der Waals surface area contributed by atoms with Gasteiger partial charge in [-0.1, -0.05) is 6.07 Å². The van der Waals surface area contributed by atoms with Gasteiger partial charge in [0.2, 0.25) is 0 Å². The van der Waals surface area contributed by atoms with Gasteiger partial charge < -0.3 is 15.6 Å². The molecule has 1 aromatic rings. The van der Waals surface area contributed by atoms with E-state index in [1.165, 1.54) is 13.2 Å². The number of hydrogen-bond acceptors (Lipinski definition) is 3. The number of hydrogen-bond donors (Lipinski definition) is 2. The summed E-state index contributed by atoms with van der Waals surface area (Å²) in [7, 11) is 1.22. The van der Waals surface area contributed by atoms with Crippen molar-refractivity contribution in [2.45, 2.75) is 18.3 Å². The lowest BCUT2D eigenvalue weighted by atomic mass is 10.0. The van der Waals surface area contributed by atoms with E-state index in [0.29, 0.717) is 0 Å². The third-order valence-electron chi connectivity index (χ3n) is 2.24. The standard InChI is InChI=1S/C10H11F4NO2/c1-17-7-3-2-5(4-6(7)11)8(15)9(16)10(12,13)14/h2-4,8-9,16H,15H2,1H3/t8-,9-/m1/s1. The molecule has 0 saturated carbocycles. The maximum atomic E-state index is 13.2. The minimum absolute atomic E-state index is 0.109. The lowest BCUT2D eigenvalue weighted by Crippen LogP contribution is -2.38. The predicted molar refractivity (Wildman–Crippen MR) is 51.9 cm³/mol. The highest BCUT2D eigenvalue weighted by molar-refractivity contribution is 5.31. The molecular weight excluding hydrogens is 242 g/mol. The maximum Gasteiger partial charge on any atom is 0.416 e. The number of alkyl halides is 3. The molecule has 1 rings (SSSR count). The van der Waals surface area contributed by atoms with Crippen LogP contribution in [0.2, 0.25) is 0 Å². The van der Waals surface area contributed by atoms with E-state index in [2.05, 4.69) is 4.74 Å². The van der Waals surface area contributed by atoms with E-state index in [1.54, 1.807) is 0 Å². The lowest BCUT2D eigenvalue weighted by Gasteiger charge is -2.21. The van der Waals surface area contributed by atoms with Gasteiger partial charge in [-0.2, -0.15) is 13.2 Å². The first-order chi connectivity index (χ1) is 7.77. The maximum absolute atomic E-state index is 13.2. The number of halogens is 4. The second kappa shape index (κ2) is 4.89. The van der Waals surface area contributed by atoms with Crippen molar-refractivity contribution in [2.75, 3.05) is 7.11 Å². The molecule has 3 nitrogen and oxygen atoms in total. The van der Waals surface area contributed by atoms with Gasteiger partial charge in [-0.25, -0.2) is 4.39 Å². The van der Waals surface area contributed by atoms with E-state index in [-0.39, 0.29) is 11.3 Å². The molecule has 0 fully saturated rings. The summed E-state index contributed by atoms with van der Waals surface area (Å²) in [4.78, 5) is 0. The van der Waals surface area contributed by atoms with Crippen LogP contribution in [0.4, 0.5) is 17.6 Å². The van der Waals surface area contributed by atoms with E-state index in [4.69, 9.17) is 10.8 Å². The Hall–Kier alpha value is -1.34. The van der Waals surface area contributed by atoms with Crippen LogP contribution in [0.1, 0.15) is 11.6 Å². The SMILES string of the molecule is COc1ccc([C@@H](N)[C@@H](O)C(F)(F)F)cc1F. The van der Waals surface area contributed by atoms with E-state index in [1.807, 2.05) is 0 Å². The smallest absolute Gasteiger partial charge is 0.416 e. The van der Waals surface area contributed by atoms with Crippen molar-refractivity contribution in [2.24, 2.45) is 5.73 Å². The molecule has 17 heavy (non-hydrogen) atoms. The van der Waals surface area contributed by atoms with Crippen molar-refractivity contribution in [3.8, 4) is 5.75 Å². The molecule has 0 aliphatic carbocycles. The number of aliphatic hydroxyl groups excluding tert-OH is 1. The molecule has 0 bridgehead atoms. The summed E-state index contributed by atoms with van der Waals surface area (Å²) in [5.74, 6) is -0.947. The summed E-state index contributed by atoms with van der Waals surface area (Å²) >= 11 is 0. The Morgan fingerprint density at radius 2 is 1.94 bits per heavy atom. The summed E-state index contributed by atoms with van der Waals surface area (Å²) in [6.07, 6.45) is -7.59. The van der Waals surface area contributed by atoms with Crippen molar-refractivity contribution < 1.29 is 27.4 Å². The number of rotatable bonds is 3. The van der Waals surface area contributed by atoms with Crippen LogP contribution in [0.3, 0.4) is 0 Å². The molecule has 0 spiro atoms. The Labute approximate surface area is 94.8 Å². The molecule has 1 aromatic carbocycles. The Kier molecular flexibility index (Phi) is 3.94. The summed E-state index contributed by atoms with van der Waals surface area (Å²) in [5.41, 5.74) is 5.05. The number of ether oxygens (including phenoxy) is 1. The summed E-state index contributed by atoms with van der Waals surface area (Å²) < 4.78 is 54.4. The van der Waals surface area contributed by atoms with Gasteiger partial charge in [0, 0.05) is 0 Å². The Balaban J connectivity index is 2.97. The Morgan fingerprint density at radius 3 is 2.35 bits per heavy atom. The highest BCUT2D eigenvalue weighted by Crippen LogP contribution is 2.30. The first kappa shape index (κ1) is 13.7. The van der Waals surface area contributed by atoms with Crippen LogP contribution >= 0.6 is 0 Å². The van der Waals surface area contributed by atoms with Gasteiger partial charge in [-0.05, 0) is 17.7 Å². The summed E-state index contributed by atoms with van der Waals surface area (Å²) in [5, 5.41) is 8.92. The fraction of sp³-hybridized carbons (Fsp3) is 0.400. The minimum Gasteiger partial charge on any atom is -0.494 e. The van der Waals surface area contributed by atoms with Crippen LogP contribution in [0.5, 0.6) is 5.75 Å². The monoisotopic (exact) mass is 253 g/mol. The van der Waals surface area contributed by atoms with Crippen LogP contribution in [0, 0.1) is 5.82 Å². The van der Waals surface area contributed by atoms with Crippen LogP contribution in [0.15, 0.2) is 18.2 Å². The fourth-order valence-corrected chi connectivity index (χ4v) is 1.28. The van der Waals surface area contributed by atoms with E-state index in [9.17, 15) is 17.6 Å². The third-order valence-corrected chi connectivity index (χ3v) is 2.24. The second-order valence-corrected chi connectivity index (χ2v) is 3.41. The quantitative estimate of drug-likeness (QED) is 0.807. The van der Waals surface area contributed by atoms with Gasteiger partial charge >= 0.3 is 6.18 Å². The van der Waals surface area contributed by atoms with Crippen LogP contribution in [-0.4, -0.2) is 24.5 Å². The molecule has 0 unspecified atom stereocenters. The molecule has 0 aliphatic heterocycles. The van der Waals surface area contributed by atoms with Crippen LogP contribution in [-0.2, 0) is 0 Å². The van der Waals surface area contributed by atoms with E-state index >= 15 is 0 Å². The highest BCUT2D eigenvalue weighted by atomic mass is 19.4. The minimum atomic E-state index is -4.85. The molecule has 2 atom stereocenters.